The first-order chi connectivity index (χ1) is 5.81. The molecule has 66 valence electrons. The first-order valence-electron chi connectivity index (χ1n) is 5.57. The standard InChI is InChI=1S/C11H17N/c12-10-7-3-6-1-2-11(5-9(10)11)8(6)4-7/h6-10H,1-5,12H2. The van der Waals surface area contributed by atoms with Gasteiger partial charge in [-0.2, -0.15) is 0 Å². The van der Waals surface area contributed by atoms with Crippen molar-refractivity contribution in [1.82, 2.24) is 0 Å². The molecule has 4 aliphatic rings. The van der Waals surface area contributed by atoms with Crippen molar-refractivity contribution in [1.29, 1.82) is 0 Å². The first-order valence-corrected chi connectivity index (χ1v) is 5.57. The molecule has 12 heavy (non-hydrogen) atoms. The van der Waals surface area contributed by atoms with Crippen LogP contribution in [0.4, 0.5) is 0 Å². The Morgan fingerprint density at radius 2 is 2.00 bits per heavy atom. The predicted molar refractivity (Wildman–Crippen MR) is 47.5 cm³/mol. The first kappa shape index (κ1) is 6.42. The fraction of sp³-hybridized carbons (Fsp3) is 1.00. The summed E-state index contributed by atoms with van der Waals surface area (Å²) < 4.78 is 0. The summed E-state index contributed by atoms with van der Waals surface area (Å²) in [6, 6.07) is 0.603. The second-order valence-corrected chi connectivity index (χ2v) is 5.76. The molecule has 4 rings (SSSR count). The molecule has 6 unspecified atom stereocenters. The van der Waals surface area contributed by atoms with Crippen LogP contribution in [0.5, 0.6) is 0 Å². The molecule has 0 aliphatic heterocycles. The highest BCUT2D eigenvalue weighted by Crippen LogP contribution is 2.76. The normalized spacial score (nSPS) is 71.2. The zero-order chi connectivity index (χ0) is 7.92. The van der Waals surface area contributed by atoms with E-state index in [0.29, 0.717) is 6.04 Å². The van der Waals surface area contributed by atoms with Crippen molar-refractivity contribution >= 4 is 0 Å². The van der Waals surface area contributed by atoms with Crippen LogP contribution in [0.2, 0.25) is 0 Å². The molecule has 0 aromatic rings. The predicted octanol–water partition coefficient (Wildman–Crippen LogP) is 1.77. The van der Waals surface area contributed by atoms with E-state index in [0.717, 1.165) is 29.1 Å². The molecule has 6 atom stereocenters. The molecule has 1 nitrogen and oxygen atoms in total. The lowest BCUT2D eigenvalue weighted by molar-refractivity contribution is 0.217. The summed E-state index contributed by atoms with van der Waals surface area (Å²) >= 11 is 0. The van der Waals surface area contributed by atoms with Crippen LogP contribution in [0, 0.1) is 29.1 Å². The number of rotatable bonds is 0. The minimum atomic E-state index is 0.603. The van der Waals surface area contributed by atoms with Gasteiger partial charge in [0, 0.05) is 6.04 Å². The summed E-state index contributed by atoms with van der Waals surface area (Å²) in [5.41, 5.74) is 7.10. The molecule has 1 spiro atoms. The molecule has 0 saturated heterocycles. The van der Waals surface area contributed by atoms with Gasteiger partial charge in [0.05, 0.1) is 0 Å². The van der Waals surface area contributed by atoms with E-state index in [2.05, 4.69) is 0 Å². The third kappa shape index (κ3) is 0.477. The van der Waals surface area contributed by atoms with Crippen LogP contribution in [-0.4, -0.2) is 6.04 Å². The van der Waals surface area contributed by atoms with Crippen molar-refractivity contribution in [2.24, 2.45) is 34.8 Å². The van der Waals surface area contributed by atoms with E-state index in [9.17, 15) is 0 Å². The maximum atomic E-state index is 6.28. The highest BCUT2D eigenvalue weighted by atomic mass is 14.8. The maximum Gasteiger partial charge on any atom is 0.0101 e. The van der Waals surface area contributed by atoms with Crippen LogP contribution in [0.3, 0.4) is 0 Å². The summed E-state index contributed by atoms with van der Waals surface area (Å²) in [7, 11) is 0. The van der Waals surface area contributed by atoms with E-state index in [-0.39, 0.29) is 0 Å². The number of nitrogens with two attached hydrogens (primary N) is 1. The molecule has 0 aromatic heterocycles. The minimum Gasteiger partial charge on any atom is -0.327 e. The van der Waals surface area contributed by atoms with E-state index in [1.165, 1.54) is 25.7 Å². The van der Waals surface area contributed by atoms with E-state index in [4.69, 9.17) is 5.73 Å². The zero-order valence-corrected chi connectivity index (χ0v) is 7.50. The fourth-order valence-electron chi connectivity index (χ4n) is 5.06. The van der Waals surface area contributed by atoms with Gasteiger partial charge in [-0.25, -0.2) is 0 Å². The van der Waals surface area contributed by atoms with E-state index in [1.807, 2.05) is 0 Å². The van der Waals surface area contributed by atoms with Gasteiger partial charge in [-0.05, 0) is 61.2 Å². The fourth-order valence-corrected chi connectivity index (χ4v) is 5.06. The Labute approximate surface area is 73.7 Å². The maximum absolute atomic E-state index is 6.28. The number of hydrogen-bond donors (Lipinski definition) is 1. The summed E-state index contributed by atoms with van der Waals surface area (Å²) in [4.78, 5) is 0. The lowest BCUT2D eigenvalue weighted by Crippen LogP contribution is -2.37. The molecule has 1 heteroatoms. The molecule has 0 aromatic carbocycles. The smallest absolute Gasteiger partial charge is 0.0101 e. The van der Waals surface area contributed by atoms with Crippen LogP contribution in [0.15, 0.2) is 0 Å². The SMILES string of the molecule is NC1C2CC3CCC4(CC14)C3C2. The molecule has 2 N–H and O–H groups in total. The van der Waals surface area contributed by atoms with Crippen molar-refractivity contribution < 1.29 is 0 Å². The Kier molecular flexibility index (Phi) is 0.863. The Hall–Kier alpha value is -0.0400. The average Bonchev–Trinajstić information content (AvgIpc) is 2.48. The summed E-state index contributed by atoms with van der Waals surface area (Å²) in [6.45, 7) is 0. The molecule has 0 radical (unpaired) electrons. The molecule has 0 heterocycles. The Morgan fingerprint density at radius 3 is 2.92 bits per heavy atom. The highest BCUT2D eigenvalue weighted by molar-refractivity contribution is 5.21. The van der Waals surface area contributed by atoms with Crippen LogP contribution in [0.1, 0.15) is 32.1 Å². The van der Waals surface area contributed by atoms with Gasteiger partial charge >= 0.3 is 0 Å². The lowest BCUT2D eigenvalue weighted by Gasteiger charge is -2.30. The molecule has 0 amide bonds. The van der Waals surface area contributed by atoms with Gasteiger partial charge < -0.3 is 5.73 Å². The third-order valence-corrected chi connectivity index (χ3v) is 5.64. The van der Waals surface area contributed by atoms with Crippen molar-refractivity contribution in [2.75, 3.05) is 0 Å². The Balaban J connectivity index is 1.85. The van der Waals surface area contributed by atoms with Gasteiger partial charge in [-0.1, -0.05) is 0 Å². The minimum absolute atomic E-state index is 0.603. The van der Waals surface area contributed by atoms with Crippen molar-refractivity contribution in [3.63, 3.8) is 0 Å². The van der Waals surface area contributed by atoms with E-state index < -0.39 is 0 Å². The molecule has 2 bridgehead atoms. The van der Waals surface area contributed by atoms with Gasteiger partial charge in [0.25, 0.3) is 0 Å². The number of fused-ring (bicyclic) bond motifs is 1. The van der Waals surface area contributed by atoms with Gasteiger partial charge in [-0.15, -0.1) is 0 Å². The van der Waals surface area contributed by atoms with Crippen LogP contribution >= 0.6 is 0 Å². The van der Waals surface area contributed by atoms with E-state index >= 15 is 0 Å². The molecular formula is C11H17N. The number of hydrogen-bond acceptors (Lipinski definition) is 1. The topological polar surface area (TPSA) is 26.0 Å². The molecule has 4 aliphatic carbocycles. The van der Waals surface area contributed by atoms with Crippen LogP contribution in [-0.2, 0) is 0 Å². The van der Waals surface area contributed by atoms with E-state index in [1.54, 1.807) is 6.42 Å². The van der Waals surface area contributed by atoms with Crippen molar-refractivity contribution in [3.8, 4) is 0 Å². The van der Waals surface area contributed by atoms with Crippen LogP contribution < -0.4 is 5.73 Å². The molecular weight excluding hydrogens is 146 g/mol. The average molecular weight is 163 g/mol. The summed E-state index contributed by atoms with van der Waals surface area (Å²) in [5.74, 6) is 4.13. The zero-order valence-electron chi connectivity index (χ0n) is 7.50. The monoisotopic (exact) mass is 163 g/mol. The third-order valence-electron chi connectivity index (χ3n) is 5.64. The van der Waals surface area contributed by atoms with Gasteiger partial charge in [0.15, 0.2) is 0 Å². The molecule has 4 fully saturated rings. The highest BCUT2D eigenvalue weighted by Gasteiger charge is 2.71. The Morgan fingerprint density at radius 1 is 1.08 bits per heavy atom. The molecule has 4 saturated carbocycles. The summed E-state index contributed by atoms with van der Waals surface area (Å²) in [6.07, 6.45) is 7.58. The summed E-state index contributed by atoms with van der Waals surface area (Å²) in [5, 5.41) is 0. The van der Waals surface area contributed by atoms with Crippen molar-refractivity contribution in [3.05, 3.63) is 0 Å². The van der Waals surface area contributed by atoms with Gasteiger partial charge in [0.1, 0.15) is 0 Å². The van der Waals surface area contributed by atoms with Gasteiger partial charge in [0.2, 0.25) is 0 Å². The second kappa shape index (κ2) is 1.61. The van der Waals surface area contributed by atoms with Crippen LogP contribution in [0.25, 0.3) is 0 Å². The van der Waals surface area contributed by atoms with Gasteiger partial charge in [-0.3, -0.25) is 0 Å². The quantitative estimate of drug-likeness (QED) is 0.578. The largest absolute Gasteiger partial charge is 0.327 e. The lowest BCUT2D eigenvalue weighted by atomic mass is 9.78. The Bertz CT molecular complexity index is 249. The second-order valence-electron chi connectivity index (χ2n) is 5.76. The van der Waals surface area contributed by atoms with Crippen molar-refractivity contribution in [2.45, 2.75) is 38.1 Å².